The smallest absolute Gasteiger partial charge is 0.291 e. The molecule has 0 spiro atoms. The molecule has 0 aliphatic carbocycles. The van der Waals surface area contributed by atoms with E-state index in [0.29, 0.717) is 21.8 Å². The minimum atomic E-state index is -0.392. The number of hydrogen-bond acceptors (Lipinski definition) is 6. The maximum Gasteiger partial charge on any atom is 0.291 e. The Kier molecular flexibility index (Phi) is 6.79. The van der Waals surface area contributed by atoms with Crippen LogP contribution in [-0.2, 0) is 6.54 Å². The van der Waals surface area contributed by atoms with Crippen molar-refractivity contribution in [2.45, 2.75) is 33.4 Å². The van der Waals surface area contributed by atoms with Gasteiger partial charge in [0.15, 0.2) is 5.76 Å². The number of furan rings is 1. The molecule has 2 heterocycles. The summed E-state index contributed by atoms with van der Waals surface area (Å²) in [5.74, 6) is 0.133. The lowest BCUT2D eigenvalue weighted by atomic mass is 10.1. The van der Waals surface area contributed by atoms with Crippen LogP contribution < -0.4 is 5.32 Å². The van der Waals surface area contributed by atoms with Gasteiger partial charge in [0.1, 0.15) is 0 Å². The van der Waals surface area contributed by atoms with Gasteiger partial charge in [0.2, 0.25) is 11.8 Å². The molecular formula is C25H23ClN4O4. The molecule has 4 rings (SSSR count). The summed E-state index contributed by atoms with van der Waals surface area (Å²) in [4.78, 5) is 27.4. The van der Waals surface area contributed by atoms with E-state index in [-0.39, 0.29) is 36.0 Å². The van der Waals surface area contributed by atoms with Crippen molar-refractivity contribution in [3.05, 3.63) is 88.7 Å². The zero-order valence-electron chi connectivity index (χ0n) is 18.9. The number of nitrogens with one attached hydrogen (secondary N) is 1. The lowest BCUT2D eigenvalue weighted by Crippen LogP contribution is -2.36. The van der Waals surface area contributed by atoms with Crippen LogP contribution in [0.2, 0.25) is 5.02 Å². The van der Waals surface area contributed by atoms with Crippen LogP contribution in [-0.4, -0.2) is 33.0 Å². The molecule has 0 saturated heterocycles. The number of anilines is 1. The Morgan fingerprint density at radius 2 is 1.88 bits per heavy atom. The second-order valence-corrected chi connectivity index (χ2v) is 8.38. The van der Waals surface area contributed by atoms with Gasteiger partial charge in [-0.1, -0.05) is 29.8 Å². The highest BCUT2D eigenvalue weighted by Gasteiger charge is 2.23. The molecule has 8 nitrogen and oxygen atoms in total. The van der Waals surface area contributed by atoms with E-state index in [4.69, 9.17) is 20.4 Å². The molecule has 0 radical (unpaired) electrons. The van der Waals surface area contributed by atoms with Gasteiger partial charge in [-0.15, -0.1) is 10.2 Å². The van der Waals surface area contributed by atoms with Gasteiger partial charge in [-0.25, -0.2) is 0 Å². The van der Waals surface area contributed by atoms with Crippen LogP contribution in [0.25, 0.3) is 11.5 Å². The maximum absolute atomic E-state index is 13.4. The Morgan fingerprint density at radius 1 is 1.09 bits per heavy atom. The van der Waals surface area contributed by atoms with Gasteiger partial charge in [-0.05, 0) is 62.7 Å². The highest BCUT2D eigenvalue weighted by atomic mass is 35.5. The lowest BCUT2D eigenvalue weighted by molar-refractivity contribution is 0.0672. The third-order valence-electron chi connectivity index (χ3n) is 5.24. The number of rotatable bonds is 7. The number of amides is 2. The van der Waals surface area contributed by atoms with Crippen LogP contribution in [0, 0.1) is 6.92 Å². The Morgan fingerprint density at radius 3 is 2.59 bits per heavy atom. The summed E-state index contributed by atoms with van der Waals surface area (Å²) in [6.45, 7) is 5.77. The van der Waals surface area contributed by atoms with Gasteiger partial charge < -0.3 is 19.1 Å². The SMILES string of the molecule is Cc1ccc(C(=O)N(Cc2nnc(-c3ccccc3Cl)o2)C(C)C)cc1NC(=O)c1ccco1. The highest BCUT2D eigenvalue weighted by molar-refractivity contribution is 6.33. The summed E-state index contributed by atoms with van der Waals surface area (Å²) in [7, 11) is 0. The first-order valence-corrected chi connectivity index (χ1v) is 11.0. The molecule has 0 aliphatic rings. The van der Waals surface area contributed by atoms with Gasteiger partial charge in [-0.2, -0.15) is 0 Å². The van der Waals surface area contributed by atoms with E-state index in [1.54, 1.807) is 47.4 Å². The Labute approximate surface area is 201 Å². The van der Waals surface area contributed by atoms with Gasteiger partial charge in [-0.3, -0.25) is 9.59 Å². The van der Waals surface area contributed by atoms with Gasteiger partial charge in [0, 0.05) is 17.3 Å². The number of nitrogens with zero attached hydrogens (tertiary/aromatic N) is 3. The van der Waals surface area contributed by atoms with Crippen LogP contribution >= 0.6 is 11.6 Å². The number of aryl methyl sites for hydroxylation is 1. The predicted molar refractivity (Wildman–Crippen MR) is 128 cm³/mol. The van der Waals surface area contributed by atoms with E-state index >= 15 is 0 Å². The Hall–Kier alpha value is -3.91. The van der Waals surface area contributed by atoms with E-state index in [1.165, 1.54) is 6.26 Å². The third-order valence-corrected chi connectivity index (χ3v) is 5.57. The number of hydrogen-bond donors (Lipinski definition) is 1. The molecule has 9 heteroatoms. The number of halogens is 1. The number of benzene rings is 2. The average molecular weight is 479 g/mol. The number of carbonyl (C=O) groups excluding carboxylic acids is 2. The van der Waals surface area contributed by atoms with Crippen molar-refractivity contribution in [1.82, 2.24) is 15.1 Å². The molecule has 0 atom stereocenters. The minimum absolute atomic E-state index is 0.121. The van der Waals surface area contributed by atoms with E-state index in [2.05, 4.69) is 15.5 Å². The van der Waals surface area contributed by atoms with Crippen LogP contribution in [0.4, 0.5) is 5.69 Å². The van der Waals surface area contributed by atoms with Crippen LogP contribution in [0.15, 0.2) is 69.7 Å². The van der Waals surface area contributed by atoms with Crippen molar-refractivity contribution in [2.24, 2.45) is 0 Å². The second kappa shape index (κ2) is 9.93. The minimum Gasteiger partial charge on any atom is -0.459 e. The molecule has 0 aliphatic heterocycles. The predicted octanol–water partition coefficient (Wildman–Crippen LogP) is 5.59. The van der Waals surface area contributed by atoms with Crippen molar-refractivity contribution >= 4 is 29.1 Å². The number of aromatic nitrogens is 2. The Balaban J connectivity index is 1.54. The normalized spacial score (nSPS) is 11.0. The quantitative estimate of drug-likeness (QED) is 0.371. The fourth-order valence-corrected chi connectivity index (χ4v) is 3.56. The second-order valence-electron chi connectivity index (χ2n) is 7.97. The fraction of sp³-hybridized carbons (Fsp3) is 0.200. The average Bonchev–Trinajstić information content (AvgIpc) is 3.51. The van der Waals surface area contributed by atoms with Crippen LogP contribution in [0.3, 0.4) is 0 Å². The van der Waals surface area contributed by atoms with Crippen molar-refractivity contribution in [3.63, 3.8) is 0 Å². The van der Waals surface area contributed by atoms with Crippen LogP contribution in [0.5, 0.6) is 0 Å². The van der Waals surface area contributed by atoms with E-state index in [9.17, 15) is 9.59 Å². The number of carbonyl (C=O) groups is 2. The molecule has 0 unspecified atom stereocenters. The van der Waals surface area contributed by atoms with Crippen LogP contribution in [0.1, 0.15) is 46.2 Å². The molecular weight excluding hydrogens is 456 g/mol. The molecule has 174 valence electrons. The fourth-order valence-electron chi connectivity index (χ4n) is 3.34. The zero-order chi connectivity index (χ0) is 24.2. The largest absolute Gasteiger partial charge is 0.459 e. The molecule has 34 heavy (non-hydrogen) atoms. The summed E-state index contributed by atoms with van der Waals surface area (Å²) in [6, 6.07) is 15.4. The van der Waals surface area contributed by atoms with Crippen molar-refractivity contribution in [2.75, 3.05) is 5.32 Å². The van der Waals surface area contributed by atoms with Crippen molar-refractivity contribution in [1.29, 1.82) is 0 Å². The van der Waals surface area contributed by atoms with Gasteiger partial charge in [0.05, 0.1) is 23.4 Å². The standard InChI is InChI=1S/C25H23ClN4O4/c1-15(2)30(14-22-28-29-24(34-22)18-7-4-5-8-19(18)26)25(32)17-11-10-16(3)20(13-17)27-23(31)21-9-6-12-33-21/h4-13,15H,14H2,1-3H3,(H,27,31). The maximum atomic E-state index is 13.4. The molecule has 2 aromatic carbocycles. The molecule has 1 N–H and O–H groups in total. The summed E-state index contributed by atoms with van der Waals surface area (Å²) >= 11 is 6.22. The molecule has 0 saturated carbocycles. The molecule has 0 bridgehead atoms. The van der Waals surface area contributed by atoms with Gasteiger partial charge >= 0.3 is 0 Å². The monoisotopic (exact) mass is 478 g/mol. The summed E-state index contributed by atoms with van der Waals surface area (Å²) in [5.41, 5.74) is 2.38. The first-order valence-electron chi connectivity index (χ1n) is 10.7. The third kappa shape index (κ3) is 5.02. The van der Waals surface area contributed by atoms with Gasteiger partial charge in [0.25, 0.3) is 11.8 Å². The zero-order valence-corrected chi connectivity index (χ0v) is 19.7. The molecule has 0 fully saturated rings. The summed E-state index contributed by atoms with van der Waals surface area (Å²) < 4.78 is 10.9. The summed E-state index contributed by atoms with van der Waals surface area (Å²) in [6.07, 6.45) is 1.43. The van der Waals surface area contributed by atoms with Crippen molar-refractivity contribution in [3.8, 4) is 11.5 Å². The van der Waals surface area contributed by atoms with E-state index in [1.807, 2.05) is 32.9 Å². The highest BCUT2D eigenvalue weighted by Crippen LogP contribution is 2.27. The first kappa shape index (κ1) is 23.3. The van der Waals surface area contributed by atoms with E-state index < -0.39 is 5.91 Å². The summed E-state index contributed by atoms with van der Waals surface area (Å²) in [5, 5.41) is 11.5. The van der Waals surface area contributed by atoms with Crippen molar-refractivity contribution < 1.29 is 18.4 Å². The molecule has 2 aromatic heterocycles. The topological polar surface area (TPSA) is 101 Å². The first-order chi connectivity index (χ1) is 16.3. The Bertz CT molecular complexity index is 1310. The molecule has 2 amide bonds. The lowest BCUT2D eigenvalue weighted by Gasteiger charge is -2.25. The van der Waals surface area contributed by atoms with E-state index in [0.717, 1.165) is 5.56 Å². The molecule has 4 aromatic rings.